The summed E-state index contributed by atoms with van der Waals surface area (Å²) in [6.45, 7) is 2.06. The quantitative estimate of drug-likeness (QED) is 0.751. The highest BCUT2D eigenvalue weighted by Gasteiger charge is 2.19. The Hall–Kier alpha value is -1.44. The fourth-order valence-electron chi connectivity index (χ4n) is 1.65. The van der Waals surface area contributed by atoms with E-state index in [1.807, 2.05) is 30.3 Å². The second kappa shape index (κ2) is 7.37. The molecule has 1 aromatic rings. The van der Waals surface area contributed by atoms with Crippen molar-refractivity contribution in [3.05, 3.63) is 35.9 Å². The molecule has 0 amide bonds. The summed E-state index contributed by atoms with van der Waals surface area (Å²) in [6, 6.07) is 9.25. The lowest BCUT2D eigenvalue weighted by Gasteiger charge is -2.19. The van der Waals surface area contributed by atoms with Gasteiger partial charge in [-0.25, -0.2) is 4.72 Å². The van der Waals surface area contributed by atoms with Gasteiger partial charge in [-0.3, -0.25) is 4.79 Å². The molecule has 0 aromatic heterocycles. The van der Waals surface area contributed by atoms with Crippen molar-refractivity contribution in [2.24, 2.45) is 5.92 Å². The molecular formula is C13H20N2O4S. The number of carbonyl (C=O) groups is 1. The summed E-state index contributed by atoms with van der Waals surface area (Å²) in [5.74, 6) is -1.19. The van der Waals surface area contributed by atoms with Crippen LogP contribution >= 0.6 is 0 Å². The molecule has 2 N–H and O–H groups in total. The number of benzene rings is 1. The first-order valence-electron chi connectivity index (χ1n) is 6.28. The van der Waals surface area contributed by atoms with Crippen LogP contribution in [0, 0.1) is 5.92 Å². The van der Waals surface area contributed by atoms with Crippen molar-refractivity contribution in [3.63, 3.8) is 0 Å². The monoisotopic (exact) mass is 300 g/mol. The number of carboxylic acid groups (broad SMARTS) is 1. The molecule has 1 atom stereocenters. The molecule has 0 saturated carbocycles. The molecule has 0 aliphatic heterocycles. The van der Waals surface area contributed by atoms with Gasteiger partial charge in [0.25, 0.3) is 10.2 Å². The van der Waals surface area contributed by atoms with Crippen LogP contribution in [0.3, 0.4) is 0 Å². The molecule has 7 heteroatoms. The highest BCUT2D eigenvalue weighted by Crippen LogP contribution is 2.07. The number of rotatable bonds is 8. The van der Waals surface area contributed by atoms with Gasteiger partial charge in [0, 0.05) is 26.6 Å². The van der Waals surface area contributed by atoms with Gasteiger partial charge in [0.15, 0.2) is 0 Å². The first-order chi connectivity index (χ1) is 9.31. The molecule has 0 radical (unpaired) electrons. The van der Waals surface area contributed by atoms with Crippen molar-refractivity contribution < 1.29 is 18.3 Å². The van der Waals surface area contributed by atoms with Gasteiger partial charge in [-0.15, -0.1) is 0 Å². The lowest BCUT2D eigenvalue weighted by atomic mass is 10.1. The van der Waals surface area contributed by atoms with Crippen molar-refractivity contribution in [3.8, 4) is 0 Å². The molecule has 1 unspecified atom stereocenters. The fourth-order valence-corrected chi connectivity index (χ4v) is 2.69. The van der Waals surface area contributed by atoms with Gasteiger partial charge >= 0.3 is 5.97 Å². The molecule has 112 valence electrons. The Balaban J connectivity index is 2.53. The molecule has 0 fully saturated rings. The Kier molecular flexibility index (Phi) is 6.12. The van der Waals surface area contributed by atoms with E-state index in [0.29, 0.717) is 0 Å². The Labute approximate surface area is 119 Å². The van der Waals surface area contributed by atoms with Crippen molar-refractivity contribution >= 4 is 16.2 Å². The highest BCUT2D eigenvalue weighted by molar-refractivity contribution is 7.87. The molecule has 0 aliphatic rings. The van der Waals surface area contributed by atoms with E-state index in [9.17, 15) is 13.2 Å². The minimum absolute atomic E-state index is 0.0646. The summed E-state index contributed by atoms with van der Waals surface area (Å²) in [4.78, 5) is 10.5. The molecule has 1 aromatic carbocycles. The van der Waals surface area contributed by atoms with Crippen LogP contribution in [-0.4, -0.2) is 37.4 Å². The highest BCUT2D eigenvalue weighted by atomic mass is 32.2. The van der Waals surface area contributed by atoms with Gasteiger partial charge in [-0.1, -0.05) is 37.3 Å². The Bertz CT molecular complexity index is 531. The predicted octanol–water partition coefficient (Wildman–Crippen LogP) is 1.06. The van der Waals surface area contributed by atoms with Gasteiger partial charge in [0.2, 0.25) is 0 Å². The van der Waals surface area contributed by atoms with Crippen LogP contribution in [0.5, 0.6) is 0 Å². The van der Waals surface area contributed by atoms with Gasteiger partial charge in [-0.2, -0.15) is 12.7 Å². The Morgan fingerprint density at radius 3 is 2.50 bits per heavy atom. The van der Waals surface area contributed by atoms with Gasteiger partial charge in [0.1, 0.15) is 0 Å². The number of nitrogens with zero attached hydrogens (tertiary/aromatic N) is 1. The molecule has 0 heterocycles. The zero-order chi connectivity index (χ0) is 15.2. The maximum Gasteiger partial charge on any atom is 0.303 e. The van der Waals surface area contributed by atoms with Crippen molar-refractivity contribution in [2.45, 2.75) is 19.9 Å². The van der Waals surface area contributed by atoms with E-state index in [0.717, 1.165) is 5.56 Å². The topological polar surface area (TPSA) is 86.7 Å². The average molecular weight is 300 g/mol. The first-order valence-corrected chi connectivity index (χ1v) is 7.72. The lowest BCUT2D eigenvalue weighted by Crippen LogP contribution is -2.39. The van der Waals surface area contributed by atoms with E-state index in [2.05, 4.69) is 4.72 Å². The number of hydrogen-bond donors (Lipinski definition) is 2. The number of carboxylic acids is 1. The minimum atomic E-state index is -3.60. The number of aliphatic carboxylic acids is 1. The van der Waals surface area contributed by atoms with Gasteiger partial charge < -0.3 is 5.11 Å². The fraction of sp³-hybridized carbons (Fsp3) is 0.462. The standard InChI is InChI=1S/C13H20N2O4S/c1-11(8-13(16)17)9-14-20(18,19)15(2)10-12-6-4-3-5-7-12/h3-7,11,14H,8-10H2,1-2H3,(H,16,17). The number of hydrogen-bond acceptors (Lipinski definition) is 3. The van der Waals surface area contributed by atoms with Crippen LogP contribution in [-0.2, 0) is 21.5 Å². The van der Waals surface area contributed by atoms with E-state index < -0.39 is 16.2 Å². The maximum absolute atomic E-state index is 12.0. The zero-order valence-corrected chi connectivity index (χ0v) is 12.4. The smallest absolute Gasteiger partial charge is 0.303 e. The summed E-state index contributed by atoms with van der Waals surface area (Å²) >= 11 is 0. The second-order valence-corrected chi connectivity index (χ2v) is 6.66. The third-order valence-electron chi connectivity index (χ3n) is 2.80. The Morgan fingerprint density at radius 2 is 1.95 bits per heavy atom. The number of nitrogens with one attached hydrogen (secondary N) is 1. The second-order valence-electron chi connectivity index (χ2n) is 4.80. The SMILES string of the molecule is CC(CNS(=O)(=O)N(C)Cc1ccccc1)CC(=O)O. The Morgan fingerprint density at radius 1 is 1.35 bits per heavy atom. The van der Waals surface area contributed by atoms with E-state index in [1.165, 1.54) is 11.4 Å². The third-order valence-corrected chi connectivity index (χ3v) is 4.28. The summed E-state index contributed by atoms with van der Waals surface area (Å²) < 4.78 is 27.6. The summed E-state index contributed by atoms with van der Waals surface area (Å²) in [5.41, 5.74) is 0.888. The van der Waals surface area contributed by atoms with Crippen LogP contribution < -0.4 is 4.72 Å². The first kappa shape index (κ1) is 16.6. The van der Waals surface area contributed by atoms with Crippen molar-refractivity contribution in [1.82, 2.24) is 9.03 Å². The zero-order valence-electron chi connectivity index (χ0n) is 11.6. The molecular weight excluding hydrogens is 280 g/mol. The van der Waals surface area contributed by atoms with Crippen molar-refractivity contribution in [2.75, 3.05) is 13.6 Å². The maximum atomic E-state index is 12.0. The molecule has 1 rings (SSSR count). The van der Waals surface area contributed by atoms with E-state index >= 15 is 0 Å². The van der Waals surface area contributed by atoms with Crippen LogP contribution in [0.25, 0.3) is 0 Å². The van der Waals surface area contributed by atoms with Crippen LogP contribution in [0.15, 0.2) is 30.3 Å². The molecule has 6 nitrogen and oxygen atoms in total. The summed E-state index contributed by atoms with van der Waals surface area (Å²) in [6.07, 6.45) is -0.0646. The third kappa shape index (κ3) is 5.68. The largest absolute Gasteiger partial charge is 0.481 e. The molecule has 0 aliphatic carbocycles. The van der Waals surface area contributed by atoms with E-state index in [1.54, 1.807) is 6.92 Å². The van der Waals surface area contributed by atoms with E-state index in [4.69, 9.17) is 5.11 Å². The van der Waals surface area contributed by atoms with E-state index in [-0.39, 0.29) is 25.4 Å². The molecule has 0 saturated heterocycles. The lowest BCUT2D eigenvalue weighted by molar-refractivity contribution is -0.137. The normalized spacial score (nSPS) is 13.3. The van der Waals surface area contributed by atoms with Crippen molar-refractivity contribution in [1.29, 1.82) is 0 Å². The summed E-state index contributed by atoms with van der Waals surface area (Å²) in [7, 11) is -2.12. The molecule has 0 bridgehead atoms. The van der Waals surface area contributed by atoms with Crippen LogP contribution in [0.1, 0.15) is 18.9 Å². The predicted molar refractivity (Wildman–Crippen MR) is 76.2 cm³/mol. The average Bonchev–Trinajstić information content (AvgIpc) is 2.37. The molecule has 0 spiro atoms. The van der Waals surface area contributed by atoms with Crippen LogP contribution in [0.4, 0.5) is 0 Å². The summed E-state index contributed by atoms with van der Waals surface area (Å²) in [5, 5.41) is 8.63. The van der Waals surface area contributed by atoms with Gasteiger partial charge in [-0.05, 0) is 11.5 Å². The van der Waals surface area contributed by atoms with Crippen LogP contribution in [0.2, 0.25) is 0 Å². The van der Waals surface area contributed by atoms with Gasteiger partial charge in [0.05, 0.1) is 0 Å². The molecule has 20 heavy (non-hydrogen) atoms. The minimum Gasteiger partial charge on any atom is -0.481 e.